The second kappa shape index (κ2) is 16.2. The van der Waals surface area contributed by atoms with E-state index >= 15 is 0 Å². The van der Waals surface area contributed by atoms with E-state index in [1.54, 1.807) is 24.3 Å². The highest BCUT2D eigenvalue weighted by atomic mass is 16.5. The van der Waals surface area contributed by atoms with Gasteiger partial charge < -0.3 is 30.7 Å². The molecule has 2 aromatic rings. The molecule has 1 spiro atoms. The quantitative estimate of drug-likeness (QED) is 0.378. The van der Waals surface area contributed by atoms with Gasteiger partial charge in [-0.25, -0.2) is 0 Å². The minimum atomic E-state index is -1.02. The van der Waals surface area contributed by atoms with Crippen LogP contribution in [0.3, 0.4) is 0 Å². The van der Waals surface area contributed by atoms with Crippen LogP contribution < -0.4 is 26.0 Å². The molecule has 11 heteroatoms. The molecule has 2 aliphatic heterocycles. The molecule has 254 valence electrons. The van der Waals surface area contributed by atoms with Crippen LogP contribution in [0.25, 0.3) is 0 Å². The third kappa shape index (κ3) is 9.32. The topological polar surface area (TPSA) is 138 Å². The number of carbonyl (C=O) groups excluding carboxylic acids is 4. The zero-order chi connectivity index (χ0) is 33.2. The van der Waals surface area contributed by atoms with Gasteiger partial charge in [-0.3, -0.25) is 24.1 Å². The van der Waals surface area contributed by atoms with Crippen LogP contribution in [0, 0.1) is 5.92 Å². The summed E-state index contributed by atoms with van der Waals surface area (Å²) in [6.45, 7) is 8.43. The van der Waals surface area contributed by atoms with Crippen molar-refractivity contribution in [3.63, 3.8) is 0 Å². The number of amides is 4. The highest BCUT2D eigenvalue weighted by Gasteiger charge is 2.42. The van der Waals surface area contributed by atoms with E-state index in [0.717, 1.165) is 63.2 Å². The summed E-state index contributed by atoms with van der Waals surface area (Å²) in [4.78, 5) is 56.8. The van der Waals surface area contributed by atoms with Gasteiger partial charge in [-0.2, -0.15) is 0 Å². The normalized spacial score (nSPS) is 22.9. The molecule has 0 aromatic heterocycles. The number of morpholine rings is 1. The smallest absolute Gasteiger partial charge is 0.255 e. The fraction of sp³-hybridized carbons (Fsp3) is 0.556. The van der Waals surface area contributed by atoms with Gasteiger partial charge in [0.05, 0.1) is 24.8 Å². The van der Waals surface area contributed by atoms with Gasteiger partial charge in [0.1, 0.15) is 23.9 Å². The molecule has 2 atom stereocenters. The van der Waals surface area contributed by atoms with Gasteiger partial charge in [-0.05, 0) is 48.4 Å². The fourth-order valence-corrected chi connectivity index (χ4v) is 6.51. The number of fused-ring (bicyclic) bond motifs is 1. The number of nitrogens with zero attached hydrogens (tertiary/aromatic N) is 1. The van der Waals surface area contributed by atoms with Crippen LogP contribution in [0.4, 0.5) is 0 Å². The van der Waals surface area contributed by atoms with Crippen molar-refractivity contribution in [1.29, 1.82) is 0 Å². The summed E-state index contributed by atoms with van der Waals surface area (Å²) >= 11 is 0. The standard InChI is InChI=1S/C36H49N5O6/c1-25(2)30-24-47-31-12-5-4-11-28(31)33(43)38-29(13-14-32(42)40-36(35(45)39-30)15-6-3-7-16-36)34(44)37-22-26-9-8-10-27(21-26)23-41-17-19-46-20-18-41/h4-5,8-12,21,25,29-30H,3,6-7,13-20,22-24H2,1-2H3,(H,37,44)(H,38,43)(H,39,45)(H,40,42)/t29-,30-/m0/s1. The summed E-state index contributed by atoms with van der Waals surface area (Å²) < 4.78 is 11.6. The maximum atomic E-state index is 13.8. The van der Waals surface area contributed by atoms with E-state index in [-0.39, 0.29) is 55.3 Å². The largest absolute Gasteiger partial charge is 0.491 e. The maximum absolute atomic E-state index is 13.8. The predicted molar refractivity (Wildman–Crippen MR) is 178 cm³/mol. The van der Waals surface area contributed by atoms with Gasteiger partial charge in [0.25, 0.3) is 5.91 Å². The molecule has 2 aromatic carbocycles. The zero-order valence-electron chi connectivity index (χ0n) is 27.6. The molecule has 2 heterocycles. The number of hydrogen-bond donors (Lipinski definition) is 4. The molecule has 11 nitrogen and oxygen atoms in total. The average Bonchev–Trinajstić information content (AvgIpc) is 3.08. The molecule has 4 amide bonds. The average molecular weight is 648 g/mol. The van der Waals surface area contributed by atoms with Crippen LogP contribution in [0.5, 0.6) is 5.75 Å². The van der Waals surface area contributed by atoms with E-state index in [9.17, 15) is 19.2 Å². The number of rotatable bonds is 6. The van der Waals surface area contributed by atoms with Crippen molar-refractivity contribution in [2.75, 3.05) is 32.9 Å². The van der Waals surface area contributed by atoms with Crippen LogP contribution in [0.15, 0.2) is 48.5 Å². The second-order valence-electron chi connectivity index (χ2n) is 13.3. The number of para-hydroxylation sites is 1. The molecule has 1 aliphatic carbocycles. The Balaban J connectivity index is 1.34. The van der Waals surface area contributed by atoms with E-state index in [2.05, 4.69) is 38.3 Å². The summed E-state index contributed by atoms with van der Waals surface area (Å²) in [6, 6.07) is 13.6. The summed E-state index contributed by atoms with van der Waals surface area (Å²) in [5, 5.41) is 12.0. The SMILES string of the molecule is CC(C)[C@@H]1COc2ccccc2C(=O)N[C@H](C(=O)NCc2cccc(CN3CCOCC3)c2)CCC(=O)NC2(CCCCC2)C(=O)N1. The highest BCUT2D eigenvalue weighted by Crippen LogP contribution is 2.29. The number of carbonyl (C=O) groups is 4. The van der Waals surface area contributed by atoms with E-state index in [4.69, 9.17) is 9.47 Å². The molecule has 5 rings (SSSR count). The number of hydrogen-bond acceptors (Lipinski definition) is 7. The molecular formula is C36H49N5O6. The summed E-state index contributed by atoms with van der Waals surface area (Å²) in [5.41, 5.74) is 1.34. The minimum absolute atomic E-state index is 0.0335. The Kier molecular flexibility index (Phi) is 11.9. The van der Waals surface area contributed by atoms with Crippen molar-refractivity contribution >= 4 is 23.6 Å². The van der Waals surface area contributed by atoms with E-state index in [0.29, 0.717) is 18.6 Å². The molecule has 0 radical (unpaired) electrons. The van der Waals surface area contributed by atoms with Gasteiger partial charge in [-0.15, -0.1) is 0 Å². The number of ether oxygens (including phenoxy) is 2. The lowest BCUT2D eigenvalue weighted by molar-refractivity contribution is -0.136. The van der Waals surface area contributed by atoms with Crippen molar-refractivity contribution in [2.45, 2.75) is 89.5 Å². The minimum Gasteiger partial charge on any atom is -0.491 e. The van der Waals surface area contributed by atoms with E-state index in [1.165, 1.54) is 0 Å². The molecule has 1 saturated heterocycles. The van der Waals surface area contributed by atoms with Gasteiger partial charge in [0.2, 0.25) is 17.7 Å². The Morgan fingerprint density at radius 3 is 2.49 bits per heavy atom. The van der Waals surface area contributed by atoms with Crippen LogP contribution >= 0.6 is 0 Å². The number of nitrogens with one attached hydrogen (secondary N) is 4. The molecular weight excluding hydrogens is 598 g/mol. The maximum Gasteiger partial charge on any atom is 0.255 e. The van der Waals surface area contributed by atoms with Crippen molar-refractivity contribution in [3.05, 3.63) is 65.2 Å². The van der Waals surface area contributed by atoms with E-state index in [1.807, 2.05) is 26.0 Å². The zero-order valence-corrected chi connectivity index (χ0v) is 27.6. The van der Waals surface area contributed by atoms with Crippen LogP contribution in [0.2, 0.25) is 0 Å². The van der Waals surface area contributed by atoms with Crippen LogP contribution in [-0.2, 0) is 32.2 Å². The van der Waals surface area contributed by atoms with Crippen molar-refractivity contribution in [1.82, 2.24) is 26.2 Å². The van der Waals surface area contributed by atoms with Crippen LogP contribution in [0.1, 0.15) is 80.3 Å². The Morgan fingerprint density at radius 1 is 0.979 bits per heavy atom. The molecule has 4 N–H and O–H groups in total. The van der Waals surface area contributed by atoms with Gasteiger partial charge in [0.15, 0.2) is 0 Å². The lowest BCUT2D eigenvalue weighted by Crippen LogP contribution is -2.62. The van der Waals surface area contributed by atoms with Crippen molar-refractivity contribution in [3.8, 4) is 5.75 Å². The third-order valence-corrected chi connectivity index (χ3v) is 9.44. The van der Waals surface area contributed by atoms with Crippen molar-refractivity contribution < 1.29 is 28.7 Å². The molecule has 47 heavy (non-hydrogen) atoms. The molecule has 0 bridgehead atoms. The third-order valence-electron chi connectivity index (χ3n) is 9.44. The Hall–Kier alpha value is -3.96. The monoisotopic (exact) mass is 647 g/mol. The fourth-order valence-electron chi connectivity index (χ4n) is 6.51. The van der Waals surface area contributed by atoms with Gasteiger partial charge in [0, 0.05) is 32.6 Å². The number of benzene rings is 2. The Labute approximate surface area is 277 Å². The molecule has 3 aliphatic rings. The highest BCUT2D eigenvalue weighted by molar-refractivity contribution is 6.00. The second-order valence-corrected chi connectivity index (χ2v) is 13.3. The predicted octanol–water partition coefficient (Wildman–Crippen LogP) is 3.07. The molecule has 0 unspecified atom stereocenters. The first-order chi connectivity index (χ1) is 22.7. The van der Waals surface area contributed by atoms with E-state index < -0.39 is 23.4 Å². The summed E-state index contributed by atoms with van der Waals surface area (Å²) in [7, 11) is 0. The van der Waals surface area contributed by atoms with Gasteiger partial charge in [-0.1, -0.05) is 69.5 Å². The van der Waals surface area contributed by atoms with Gasteiger partial charge >= 0.3 is 0 Å². The Morgan fingerprint density at radius 2 is 1.72 bits per heavy atom. The lowest BCUT2D eigenvalue weighted by Gasteiger charge is -2.38. The molecule has 2 fully saturated rings. The first-order valence-electron chi connectivity index (χ1n) is 17.0. The van der Waals surface area contributed by atoms with Crippen molar-refractivity contribution in [2.24, 2.45) is 5.92 Å². The first-order valence-corrected chi connectivity index (χ1v) is 17.0. The summed E-state index contributed by atoms with van der Waals surface area (Å²) in [6.07, 6.45) is 3.79. The Bertz CT molecular complexity index is 1400. The lowest BCUT2D eigenvalue weighted by atomic mass is 9.80. The summed E-state index contributed by atoms with van der Waals surface area (Å²) in [5.74, 6) is -1.000. The first kappa shape index (κ1) is 34.4. The van der Waals surface area contributed by atoms with Crippen LogP contribution in [-0.4, -0.2) is 79.1 Å². The molecule has 1 saturated carbocycles.